The number of nitrogens with zero attached hydrogens (tertiary/aromatic N) is 1. The maximum Gasteiger partial charge on any atom is 0.0465 e. The monoisotopic (exact) mass is 819 g/mol. The van der Waals surface area contributed by atoms with Crippen molar-refractivity contribution >= 4 is 50.8 Å². The SMILES string of the molecule is CCC1(CC)c2cc(/C=C/c3ccc(-c4cccc5c(-c6ccccc6)ccc(-c6ccccc6)c45)c4ccccc34)ccc2-c2ccc(N(c3ccccc3)c3ccccc3)cc21. The Morgan fingerprint density at radius 2 is 0.875 bits per heavy atom. The third-order valence-corrected chi connectivity index (χ3v) is 13.8. The third kappa shape index (κ3) is 6.64. The van der Waals surface area contributed by atoms with E-state index in [4.69, 9.17) is 0 Å². The Hall–Kier alpha value is -7.74. The van der Waals surface area contributed by atoms with E-state index in [1.165, 1.54) is 94.0 Å². The first-order valence-corrected chi connectivity index (χ1v) is 22.7. The molecule has 0 heterocycles. The zero-order valence-corrected chi connectivity index (χ0v) is 36.4. The molecule has 0 atom stereocenters. The molecule has 0 aliphatic heterocycles. The van der Waals surface area contributed by atoms with Crippen molar-refractivity contribution < 1.29 is 0 Å². The minimum Gasteiger partial charge on any atom is -0.310 e. The molecule has 0 bridgehead atoms. The molecule has 0 fully saturated rings. The van der Waals surface area contributed by atoms with Crippen molar-refractivity contribution in [2.75, 3.05) is 4.90 Å². The summed E-state index contributed by atoms with van der Waals surface area (Å²) in [6.07, 6.45) is 6.68. The zero-order chi connectivity index (χ0) is 43.0. The van der Waals surface area contributed by atoms with Crippen LogP contribution in [0.25, 0.3) is 78.2 Å². The lowest BCUT2D eigenvalue weighted by Crippen LogP contribution is -2.23. The van der Waals surface area contributed by atoms with Crippen LogP contribution in [0, 0.1) is 0 Å². The van der Waals surface area contributed by atoms with Gasteiger partial charge in [0.15, 0.2) is 0 Å². The van der Waals surface area contributed by atoms with Crippen molar-refractivity contribution in [2.45, 2.75) is 32.1 Å². The summed E-state index contributed by atoms with van der Waals surface area (Å²) < 4.78 is 0. The molecule has 306 valence electrons. The lowest BCUT2D eigenvalue weighted by atomic mass is 9.73. The maximum atomic E-state index is 2.47. The van der Waals surface area contributed by atoms with Crippen LogP contribution in [-0.4, -0.2) is 0 Å². The van der Waals surface area contributed by atoms with Crippen LogP contribution in [0.4, 0.5) is 17.1 Å². The molecule has 1 aliphatic carbocycles. The summed E-state index contributed by atoms with van der Waals surface area (Å²) in [6.45, 7) is 4.72. The fraction of sp³-hybridized carbons (Fsp3) is 0.0794. The van der Waals surface area contributed by atoms with Gasteiger partial charge in [0, 0.05) is 22.5 Å². The molecule has 0 saturated heterocycles. The average molecular weight is 820 g/mol. The number of anilines is 3. The summed E-state index contributed by atoms with van der Waals surface area (Å²) in [5.74, 6) is 0. The Kier molecular flexibility index (Phi) is 10.1. The van der Waals surface area contributed by atoms with Crippen molar-refractivity contribution in [1.29, 1.82) is 0 Å². The second-order valence-electron chi connectivity index (χ2n) is 17.0. The van der Waals surface area contributed by atoms with E-state index in [1.54, 1.807) is 0 Å². The van der Waals surface area contributed by atoms with Gasteiger partial charge in [-0.05, 0) is 138 Å². The van der Waals surface area contributed by atoms with Crippen LogP contribution in [0.5, 0.6) is 0 Å². The van der Waals surface area contributed by atoms with Gasteiger partial charge in [0.2, 0.25) is 0 Å². The first-order chi connectivity index (χ1) is 31.6. The highest BCUT2D eigenvalue weighted by Crippen LogP contribution is 2.54. The average Bonchev–Trinajstić information content (AvgIpc) is 3.64. The highest BCUT2D eigenvalue weighted by atomic mass is 15.1. The fourth-order valence-corrected chi connectivity index (χ4v) is 10.6. The first kappa shape index (κ1) is 39.1. The van der Waals surface area contributed by atoms with Gasteiger partial charge in [0.1, 0.15) is 0 Å². The number of hydrogen-bond acceptors (Lipinski definition) is 1. The van der Waals surface area contributed by atoms with Gasteiger partial charge in [-0.3, -0.25) is 0 Å². The smallest absolute Gasteiger partial charge is 0.0465 e. The predicted octanol–water partition coefficient (Wildman–Crippen LogP) is 17.7. The van der Waals surface area contributed by atoms with Crippen LogP contribution in [0.1, 0.15) is 48.9 Å². The number of para-hydroxylation sites is 2. The zero-order valence-electron chi connectivity index (χ0n) is 36.4. The van der Waals surface area contributed by atoms with Gasteiger partial charge in [0.05, 0.1) is 0 Å². The maximum absolute atomic E-state index is 2.47. The second-order valence-corrected chi connectivity index (χ2v) is 17.0. The van der Waals surface area contributed by atoms with Gasteiger partial charge in [-0.2, -0.15) is 0 Å². The van der Waals surface area contributed by atoms with Crippen LogP contribution < -0.4 is 4.90 Å². The fourth-order valence-electron chi connectivity index (χ4n) is 10.6. The quantitative estimate of drug-likeness (QED) is 0.124. The van der Waals surface area contributed by atoms with Gasteiger partial charge >= 0.3 is 0 Å². The summed E-state index contributed by atoms with van der Waals surface area (Å²) in [5, 5.41) is 5.02. The highest BCUT2D eigenvalue weighted by Gasteiger charge is 2.41. The topological polar surface area (TPSA) is 3.24 Å². The second kappa shape index (κ2) is 16.5. The van der Waals surface area contributed by atoms with E-state index >= 15 is 0 Å². The Bertz CT molecular complexity index is 3290. The normalized spacial score (nSPS) is 12.7. The van der Waals surface area contributed by atoms with Gasteiger partial charge in [-0.1, -0.05) is 214 Å². The molecule has 0 spiro atoms. The molecule has 0 aromatic heterocycles. The van der Waals surface area contributed by atoms with Crippen LogP contribution in [0.2, 0.25) is 0 Å². The van der Waals surface area contributed by atoms with E-state index in [-0.39, 0.29) is 5.41 Å². The molecule has 0 saturated carbocycles. The molecule has 1 aliphatic rings. The standard InChI is InChI=1S/C63H49N/c1-3-63(4-2)60-42-44(33-37-56(60)57-39-36-50(43-61(57)63)64(48-24-13-7-14-25-48)49-26-15-8-16-27-49)32-34-47-35-38-55(54-29-18-17-28-51(47)54)59-31-19-30-58-52(45-20-9-5-10-21-45)40-41-53(62(58)59)46-22-11-6-12-23-46/h5-43H,3-4H2,1-2H3/b34-32+. The Balaban J connectivity index is 0.987. The first-order valence-electron chi connectivity index (χ1n) is 22.7. The Morgan fingerprint density at radius 1 is 0.359 bits per heavy atom. The van der Waals surface area contributed by atoms with Gasteiger partial charge in [-0.25, -0.2) is 0 Å². The molecule has 1 heteroatoms. The summed E-state index contributed by atoms with van der Waals surface area (Å²) in [4.78, 5) is 2.38. The molecule has 64 heavy (non-hydrogen) atoms. The number of benzene rings is 10. The summed E-state index contributed by atoms with van der Waals surface area (Å²) >= 11 is 0. The van der Waals surface area contributed by atoms with E-state index in [0.29, 0.717) is 0 Å². The molecule has 10 aromatic carbocycles. The number of fused-ring (bicyclic) bond motifs is 5. The van der Waals surface area contributed by atoms with E-state index in [2.05, 4.69) is 255 Å². The van der Waals surface area contributed by atoms with Crippen LogP contribution in [-0.2, 0) is 5.41 Å². The molecule has 10 aromatic rings. The lowest BCUT2D eigenvalue weighted by Gasteiger charge is -2.32. The predicted molar refractivity (Wildman–Crippen MR) is 275 cm³/mol. The molecular weight excluding hydrogens is 771 g/mol. The van der Waals surface area contributed by atoms with Crippen molar-refractivity contribution in [3.63, 3.8) is 0 Å². The number of rotatable bonds is 10. The lowest BCUT2D eigenvalue weighted by molar-refractivity contribution is 0.490. The summed E-state index contributed by atoms with van der Waals surface area (Å²) in [5.41, 5.74) is 18.8. The van der Waals surface area contributed by atoms with Crippen LogP contribution >= 0.6 is 0 Å². The minimum absolute atomic E-state index is 0.0879. The summed E-state index contributed by atoms with van der Waals surface area (Å²) in [7, 11) is 0. The van der Waals surface area contributed by atoms with Crippen molar-refractivity contribution in [3.05, 3.63) is 247 Å². The molecule has 1 nitrogen and oxygen atoms in total. The van der Waals surface area contributed by atoms with E-state index < -0.39 is 0 Å². The molecular formula is C63H49N. The highest BCUT2D eigenvalue weighted by molar-refractivity contribution is 6.15. The van der Waals surface area contributed by atoms with E-state index in [1.807, 2.05) is 0 Å². The largest absolute Gasteiger partial charge is 0.310 e. The van der Waals surface area contributed by atoms with E-state index in [0.717, 1.165) is 24.2 Å². The molecule has 0 radical (unpaired) electrons. The van der Waals surface area contributed by atoms with Gasteiger partial charge < -0.3 is 4.90 Å². The van der Waals surface area contributed by atoms with E-state index in [9.17, 15) is 0 Å². The van der Waals surface area contributed by atoms with Crippen LogP contribution in [0.15, 0.2) is 224 Å². The van der Waals surface area contributed by atoms with Crippen molar-refractivity contribution in [1.82, 2.24) is 0 Å². The Morgan fingerprint density at radius 3 is 1.53 bits per heavy atom. The van der Waals surface area contributed by atoms with Gasteiger partial charge in [0.25, 0.3) is 0 Å². The molecule has 0 amide bonds. The van der Waals surface area contributed by atoms with Crippen molar-refractivity contribution in [3.8, 4) is 44.5 Å². The Labute approximate surface area is 377 Å². The molecule has 0 N–H and O–H groups in total. The van der Waals surface area contributed by atoms with Gasteiger partial charge in [-0.15, -0.1) is 0 Å². The van der Waals surface area contributed by atoms with Crippen LogP contribution in [0.3, 0.4) is 0 Å². The number of hydrogen-bond donors (Lipinski definition) is 0. The molecule has 11 rings (SSSR count). The third-order valence-electron chi connectivity index (χ3n) is 13.8. The summed E-state index contributed by atoms with van der Waals surface area (Å²) in [6, 6.07) is 82.3. The van der Waals surface area contributed by atoms with Crippen molar-refractivity contribution in [2.24, 2.45) is 0 Å². The minimum atomic E-state index is -0.0879. The molecule has 0 unspecified atom stereocenters.